The molecule has 1 heterocycles. The average molecular weight is 231 g/mol. The van der Waals surface area contributed by atoms with Gasteiger partial charge in [-0.3, -0.25) is 4.98 Å². The quantitative estimate of drug-likeness (QED) is 0.879. The van der Waals surface area contributed by atoms with E-state index in [-0.39, 0.29) is 5.92 Å². The lowest BCUT2D eigenvalue weighted by atomic mass is 9.95. The van der Waals surface area contributed by atoms with Crippen LogP contribution in [0.4, 0.5) is 0 Å². The Morgan fingerprint density at radius 3 is 2.82 bits per heavy atom. The number of benzene rings is 1. The molecule has 0 aliphatic carbocycles. The first-order valence-electron chi connectivity index (χ1n) is 5.73. The first-order valence-corrected chi connectivity index (χ1v) is 5.73. The molecule has 17 heavy (non-hydrogen) atoms. The van der Waals surface area contributed by atoms with Gasteiger partial charge in [-0.25, -0.2) is 0 Å². The van der Waals surface area contributed by atoms with E-state index >= 15 is 0 Å². The van der Waals surface area contributed by atoms with Gasteiger partial charge in [0.05, 0.1) is 12.7 Å². The van der Waals surface area contributed by atoms with Crippen LogP contribution < -0.4 is 0 Å². The van der Waals surface area contributed by atoms with E-state index in [0.29, 0.717) is 6.61 Å². The molecule has 0 spiro atoms. The van der Waals surface area contributed by atoms with Gasteiger partial charge in [0.1, 0.15) is 0 Å². The van der Waals surface area contributed by atoms with E-state index in [1.54, 1.807) is 13.3 Å². The number of hydrogen-bond donors (Lipinski definition) is 1. The lowest BCUT2D eigenvalue weighted by molar-refractivity contribution is 0.0573. The maximum atomic E-state index is 10.3. The monoisotopic (exact) mass is 231 g/mol. The van der Waals surface area contributed by atoms with E-state index in [4.69, 9.17) is 4.74 Å². The summed E-state index contributed by atoms with van der Waals surface area (Å²) in [6.45, 7) is 2.50. The van der Waals surface area contributed by atoms with Crippen LogP contribution in [0.1, 0.15) is 18.6 Å². The minimum absolute atomic E-state index is 0.0487. The van der Waals surface area contributed by atoms with Crippen LogP contribution in [-0.4, -0.2) is 23.8 Å². The van der Waals surface area contributed by atoms with E-state index in [1.807, 2.05) is 37.4 Å². The van der Waals surface area contributed by atoms with Crippen LogP contribution in [0.3, 0.4) is 0 Å². The molecule has 2 unspecified atom stereocenters. The molecule has 1 N–H and O–H groups in total. The number of fused-ring (bicyclic) bond motifs is 1. The molecule has 1 aromatic carbocycles. The van der Waals surface area contributed by atoms with Gasteiger partial charge in [-0.15, -0.1) is 0 Å². The molecular weight excluding hydrogens is 214 g/mol. The summed E-state index contributed by atoms with van der Waals surface area (Å²) >= 11 is 0. The predicted molar refractivity (Wildman–Crippen MR) is 67.7 cm³/mol. The van der Waals surface area contributed by atoms with Gasteiger partial charge in [-0.1, -0.05) is 31.2 Å². The second-order valence-electron chi connectivity index (χ2n) is 4.33. The highest BCUT2D eigenvalue weighted by molar-refractivity contribution is 5.84. The Morgan fingerprint density at radius 2 is 2.06 bits per heavy atom. The third-order valence-electron chi connectivity index (χ3n) is 2.99. The van der Waals surface area contributed by atoms with E-state index in [1.165, 1.54) is 0 Å². The zero-order valence-corrected chi connectivity index (χ0v) is 10.1. The van der Waals surface area contributed by atoms with E-state index < -0.39 is 6.10 Å². The molecule has 90 valence electrons. The maximum absolute atomic E-state index is 10.3. The van der Waals surface area contributed by atoms with Crippen molar-refractivity contribution in [1.82, 2.24) is 4.98 Å². The maximum Gasteiger partial charge on any atom is 0.0858 e. The Hall–Kier alpha value is -1.45. The van der Waals surface area contributed by atoms with Gasteiger partial charge in [0.25, 0.3) is 0 Å². The zero-order chi connectivity index (χ0) is 12.3. The Balaban J connectivity index is 2.41. The first kappa shape index (κ1) is 12.0. The number of aliphatic hydroxyl groups is 1. The van der Waals surface area contributed by atoms with E-state index in [9.17, 15) is 5.11 Å². The minimum Gasteiger partial charge on any atom is -0.388 e. The largest absolute Gasteiger partial charge is 0.388 e. The van der Waals surface area contributed by atoms with Crippen molar-refractivity contribution in [2.24, 2.45) is 5.92 Å². The molecule has 2 rings (SSSR count). The van der Waals surface area contributed by atoms with Crippen molar-refractivity contribution < 1.29 is 9.84 Å². The molecule has 3 heteroatoms. The van der Waals surface area contributed by atoms with Crippen molar-refractivity contribution in [1.29, 1.82) is 0 Å². The van der Waals surface area contributed by atoms with Crippen LogP contribution in [0.5, 0.6) is 0 Å². The Morgan fingerprint density at radius 1 is 1.29 bits per heavy atom. The van der Waals surface area contributed by atoms with Crippen molar-refractivity contribution in [3.05, 3.63) is 42.2 Å². The molecule has 0 bridgehead atoms. The van der Waals surface area contributed by atoms with Crippen LogP contribution in [0.25, 0.3) is 10.8 Å². The third kappa shape index (κ3) is 2.46. The Bertz CT molecular complexity index is 493. The second kappa shape index (κ2) is 5.25. The molecule has 2 aromatic rings. The first-order chi connectivity index (χ1) is 8.24. The van der Waals surface area contributed by atoms with Gasteiger partial charge in [-0.05, 0) is 5.39 Å². The number of rotatable bonds is 4. The smallest absolute Gasteiger partial charge is 0.0858 e. The highest BCUT2D eigenvalue weighted by Crippen LogP contribution is 2.27. The molecule has 0 fully saturated rings. The fraction of sp³-hybridized carbons (Fsp3) is 0.357. The lowest BCUT2D eigenvalue weighted by Gasteiger charge is -2.19. The normalized spacial score (nSPS) is 14.8. The number of aliphatic hydroxyl groups excluding tert-OH is 1. The number of aromatic nitrogens is 1. The molecule has 0 saturated carbocycles. The van der Waals surface area contributed by atoms with Crippen LogP contribution >= 0.6 is 0 Å². The summed E-state index contributed by atoms with van der Waals surface area (Å²) in [5.41, 5.74) is 0.868. The summed E-state index contributed by atoms with van der Waals surface area (Å²) in [7, 11) is 1.64. The molecule has 0 amide bonds. The van der Waals surface area contributed by atoms with Gasteiger partial charge in [-0.2, -0.15) is 0 Å². The molecule has 0 radical (unpaired) electrons. The summed E-state index contributed by atoms with van der Waals surface area (Å²) in [4.78, 5) is 4.18. The van der Waals surface area contributed by atoms with Crippen LogP contribution in [0, 0.1) is 5.92 Å². The molecule has 0 aliphatic heterocycles. The summed E-state index contributed by atoms with van der Waals surface area (Å²) in [6.07, 6.45) is 3.00. The minimum atomic E-state index is -0.548. The van der Waals surface area contributed by atoms with Crippen LogP contribution in [0.2, 0.25) is 0 Å². The molecule has 2 atom stereocenters. The van der Waals surface area contributed by atoms with Crippen molar-refractivity contribution >= 4 is 10.8 Å². The topological polar surface area (TPSA) is 42.4 Å². The molecule has 1 aromatic heterocycles. The van der Waals surface area contributed by atoms with Crippen molar-refractivity contribution in [3.8, 4) is 0 Å². The fourth-order valence-electron chi connectivity index (χ4n) is 2.04. The molecular formula is C14H17NO2. The van der Waals surface area contributed by atoms with Gasteiger partial charge >= 0.3 is 0 Å². The summed E-state index contributed by atoms with van der Waals surface area (Å²) < 4.78 is 5.08. The summed E-state index contributed by atoms with van der Waals surface area (Å²) in [5.74, 6) is 0.0487. The van der Waals surface area contributed by atoms with Crippen LogP contribution in [0.15, 0.2) is 36.7 Å². The van der Waals surface area contributed by atoms with E-state index in [0.717, 1.165) is 16.3 Å². The number of hydrogen-bond acceptors (Lipinski definition) is 3. The standard InChI is InChI=1S/C14H17NO2/c1-10(9-17-2)14(16)13-8-15-7-11-5-3-4-6-12(11)13/h3-8,10,14,16H,9H2,1-2H3. The van der Waals surface area contributed by atoms with Crippen molar-refractivity contribution in [2.45, 2.75) is 13.0 Å². The lowest BCUT2D eigenvalue weighted by Crippen LogP contribution is -2.15. The highest BCUT2D eigenvalue weighted by atomic mass is 16.5. The van der Waals surface area contributed by atoms with Gasteiger partial charge < -0.3 is 9.84 Å². The number of nitrogens with zero attached hydrogens (tertiary/aromatic N) is 1. The highest BCUT2D eigenvalue weighted by Gasteiger charge is 2.18. The summed E-state index contributed by atoms with van der Waals surface area (Å²) in [5, 5.41) is 12.4. The number of methoxy groups -OCH3 is 1. The Kier molecular flexibility index (Phi) is 3.71. The SMILES string of the molecule is COCC(C)C(O)c1cncc2ccccc12. The average Bonchev–Trinajstić information content (AvgIpc) is 2.37. The fourth-order valence-corrected chi connectivity index (χ4v) is 2.04. The molecule has 0 saturated heterocycles. The summed E-state index contributed by atoms with van der Waals surface area (Å²) in [6, 6.07) is 7.95. The van der Waals surface area contributed by atoms with Gasteiger partial charge in [0.2, 0.25) is 0 Å². The molecule has 0 aliphatic rings. The van der Waals surface area contributed by atoms with Gasteiger partial charge in [0.15, 0.2) is 0 Å². The van der Waals surface area contributed by atoms with Gasteiger partial charge in [0, 0.05) is 36.4 Å². The van der Waals surface area contributed by atoms with Crippen molar-refractivity contribution in [2.75, 3.05) is 13.7 Å². The predicted octanol–water partition coefficient (Wildman–Crippen LogP) is 2.55. The second-order valence-corrected chi connectivity index (χ2v) is 4.33. The third-order valence-corrected chi connectivity index (χ3v) is 2.99. The zero-order valence-electron chi connectivity index (χ0n) is 10.1. The number of ether oxygens (including phenoxy) is 1. The number of pyridine rings is 1. The van der Waals surface area contributed by atoms with E-state index in [2.05, 4.69) is 4.98 Å². The van der Waals surface area contributed by atoms with Crippen molar-refractivity contribution in [3.63, 3.8) is 0 Å². The van der Waals surface area contributed by atoms with Crippen LogP contribution in [-0.2, 0) is 4.74 Å². The molecule has 3 nitrogen and oxygen atoms in total. The Labute approximate surface area is 101 Å².